The highest BCUT2D eigenvalue weighted by Gasteiger charge is 2.22. The van der Waals surface area contributed by atoms with E-state index in [2.05, 4.69) is 4.72 Å². The molecule has 0 aliphatic carbocycles. The molecule has 2 aromatic carbocycles. The first-order chi connectivity index (χ1) is 12.8. The number of aryl methyl sites for hydroxylation is 2. The number of hydrogen-bond acceptors (Lipinski definition) is 4. The van der Waals surface area contributed by atoms with E-state index in [1.165, 1.54) is 0 Å². The molecule has 0 saturated carbocycles. The van der Waals surface area contributed by atoms with E-state index in [4.69, 9.17) is 5.73 Å². The van der Waals surface area contributed by atoms with Crippen LogP contribution in [0.1, 0.15) is 34.3 Å². The Labute approximate surface area is 172 Å². The Balaban J connectivity index is 0.00000280. The number of hydrogen-bond donors (Lipinski definition) is 2. The van der Waals surface area contributed by atoms with Crippen molar-refractivity contribution in [1.82, 2.24) is 4.90 Å². The zero-order chi connectivity index (χ0) is 19.6. The number of halogens is 1. The molecule has 1 saturated heterocycles. The molecular formula is C20H26ClN3O3S. The normalized spacial score (nSPS) is 15.0. The molecule has 1 fully saturated rings. The number of benzene rings is 2. The van der Waals surface area contributed by atoms with Crippen LogP contribution in [-0.4, -0.2) is 38.4 Å². The van der Waals surface area contributed by atoms with Gasteiger partial charge >= 0.3 is 0 Å². The van der Waals surface area contributed by atoms with E-state index in [0.29, 0.717) is 24.3 Å². The van der Waals surface area contributed by atoms with E-state index in [0.717, 1.165) is 24.0 Å². The molecule has 0 atom stereocenters. The minimum absolute atomic E-state index is 0. The summed E-state index contributed by atoms with van der Waals surface area (Å²) in [5.74, 6) is -0.0505. The van der Waals surface area contributed by atoms with Crippen LogP contribution in [0, 0.1) is 13.8 Å². The highest BCUT2D eigenvalue weighted by atomic mass is 35.5. The summed E-state index contributed by atoms with van der Waals surface area (Å²) in [6.07, 6.45) is 1.61. The Morgan fingerprint density at radius 3 is 2.21 bits per heavy atom. The number of sulfonamides is 1. The molecule has 0 aromatic heterocycles. The molecule has 3 rings (SSSR count). The number of nitrogens with one attached hydrogen (secondary N) is 1. The average molecular weight is 424 g/mol. The third-order valence-electron chi connectivity index (χ3n) is 5.00. The molecule has 28 heavy (non-hydrogen) atoms. The quantitative estimate of drug-likeness (QED) is 0.790. The standard InChI is InChI=1S/C20H25N3O3S.ClH/c1-14-3-8-19(13-15(14)2)27(25,26)22-18-6-4-16(5-7-18)20(24)23-11-9-17(21)10-12-23;/h3-8,13,17,22H,9-12,21H2,1-2H3;1H. The van der Waals surface area contributed by atoms with Gasteiger partial charge in [-0.05, 0) is 74.2 Å². The fraction of sp³-hybridized carbons (Fsp3) is 0.350. The summed E-state index contributed by atoms with van der Waals surface area (Å²) >= 11 is 0. The summed E-state index contributed by atoms with van der Waals surface area (Å²) in [5.41, 5.74) is 8.79. The minimum atomic E-state index is -3.67. The van der Waals surface area contributed by atoms with Crippen molar-refractivity contribution < 1.29 is 13.2 Å². The van der Waals surface area contributed by atoms with Crippen LogP contribution in [0.25, 0.3) is 0 Å². The van der Waals surface area contributed by atoms with Gasteiger partial charge < -0.3 is 10.6 Å². The van der Waals surface area contributed by atoms with Crippen molar-refractivity contribution in [3.05, 3.63) is 59.2 Å². The Kier molecular flexibility index (Phi) is 7.09. The number of carbonyl (C=O) groups is 1. The first-order valence-electron chi connectivity index (χ1n) is 9.01. The van der Waals surface area contributed by atoms with Crippen LogP contribution in [-0.2, 0) is 10.0 Å². The number of rotatable bonds is 4. The lowest BCUT2D eigenvalue weighted by molar-refractivity contribution is 0.0715. The number of carbonyl (C=O) groups excluding carboxylic acids is 1. The maximum Gasteiger partial charge on any atom is 0.261 e. The number of nitrogens with two attached hydrogens (primary N) is 1. The summed E-state index contributed by atoms with van der Waals surface area (Å²) < 4.78 is 27.7. The Hall–Kier alpha value is -2.09. The van der Waals surface area contributed by atoms with E-state index in [1.807, 2.05) is 13.8 Å². The van der Waals surface area contributed by atoms with Crippen molar-refractivity contribution in [3.63, 3.8) is 0 Å². The lowest BCUT2D eigenvalue weighted by Gasteiger charge is -2.30. The van der Waals surface area contributed by atoms with Crippen LogP contribution in [0.5, 0.6) is 0 Å². The van der Waals surface area contributed by atoms with E-state index < -0.39 is 10.0 Å². The first kappa shape index (κ1) is 22.2. The highest BCUT2D eigenvalue weighted by molar-refractivity contribution is 7.92. The molecule has 0 spiro atoms. The van der Waals surface area contributed by atoms with Crippen LogP contribution in [0.2, 0.25) is 0 Å². The van der Waals surface area contributed by atoms with Gasteiger partial charge in [-0.3, -0.25) is 9.52 Å². The van der Waals surface area contributed by atoms with Gasteiger partial charge in [-0.1, -0.05) is 6.07 Å². The van der Waals surface area contributed by atoms with Gasteiger partial charge in [0.15, 0.2) is 0 Å². The van der Waals surface area contributed by atoms with Crippen molar-refractivity contribution in [3.8, 4) is 0 Å². The summed E-state index contributed by atoms with van der Waals surface area (Å²) in [6.45, 7) is 5.12. The summed E-state index contributed by atoms with van der Waals surface area (Å²) in [4.78, 5) is 14.5. The van der Waals surface area contributed by atoms with Gasteiger partial charge in [0.25, 0.3) is 15.9 Å². The molecule has 0 bridgehead atoms. The molecule has 3 N–H and O–H groups in total. The van der Waals surface area contributed by atoms with E-state index in [1.54, 1.807) is 47.4 Å². The zero-order valence-corrected chi connectivity index (χ0v) is 17.6. The van der Waals surface area contributed by atoms with Crippen molar-refractivity contribution in [2.75, 3.05) is 17.8 Å². The second-order valence-electron chi connectivity index (χ2n) is 7.06. The van der Waals surface area contributed by atoms with Crippen LogP contribution >= 0.6 is 12.4 Å². The first-order valence-corrected chi connectivity index (χ1v) is 10.5. The SMILES string of the molecule is Cc1ccc(S(=O)(=O)Nc2ccc(C(=O)N3CCC(N)CC3)cc2)cc1C.Cl. The summed E-state index contributed by atoms with van der Waals surface area (Å²) in [7, 11) is -3.67. The van der Waals surface area contributed by atoms with Crippen LogP contribution in [0.15, 0.2) is 47.4 Å². The molecule has 1 amide bonds. The molecule has 2 aromatic rings. The molecule has 152 valence electrons. The number of amides is 1. The number of likely N-dealkylation sites (tertiary alicyclic amines) is 1. The van der Waals surface area contributed by atoms with Crippen molar-refractivity contribution in [2.24, 2.45) is 5.73 Å². The third-order valence-corrected chi connectivity index (χ3v) is 6.38. The van der Waals surface area contributed by atoms with Crippen LogP contribution < -0.4 is 10.5 Å². The van der Waals surface area contributed by atoms with Gasteiger partial charge in [0, 0.05) is 30.4 Å². The molecule has 1 aliphatic heterocycles. The van der Waals surface area contributed by atoms with Gasteiger partial charge in [0.1, 0.15) is 0 Å². The van der Waals surface area contributed by atoms with Crippen molar-refractivity contribution in [1.29, 1.82) is 0 Å². The number of anilines is 1. The maximum atomic E-state index is 12.6. The number of piperidine rings is 1. The van der Waals surface area contributed by atoms with Crippen LogP contribution in [0.4, 0.5) is 5.69 Å². The highest BCUT2D eigenvalue weighted by Crippen LogP contribution is 2.20. The monoisotopic (exact) mass is 423 g/mol. The predicted octanol–water partition coefficient (Wildman–Crippen LogP) is 3.09. The van der Waals surface area contributed by atoms with Crippen LogP contribution in [0.3, 0.4) is 0 Å². The minimum Gasteiger partial charge on any atom is -0.339 e. The fourth-order valence-corrected chi connectivity index (χ4v) is 4.20. The van der Waals surface area contributed by atoms with Crippen molar-refractivity contribution in [2.45, 2.75) is 37.6 Å². The molecule has 0 radical (unpaired) electrons. The third kappa shape index (κ3) is 5.04. The lowest BCUT2D eigenvalue weighted by Crippen LogP contribution is -2.42. The largest absolute Gasteiger partial charge is 0.339 e. The molecule has 0 unspecified atom stereocenters. The predicted molar refractivity (Wildman–Crippen MR) is 114 cm³/mol. The van der Waals surface area contributed by atoms with Gasteiger partial charge in [0.05, 0.1) is 4.90 Å². The van der Waals surface area contributed by atoms with E-state index in [9.17, 15) is 13.2 Å². The summed E-state index contributed by atoms with van der Waals surface area (Å²) in [5, 5.41) is 0. The molecule has 1 heterocycles. The Morgan fingerprint density at radius 2 is 1.64 bits per heavy atom. The number of nitrogens with zero attached hydrogens (tertiary/aromatic N) is 1. The second-order valence-corrected chi connectivity index (χ2v) is 8.74. The topological polar surface area (TPSA) is 92.5 Å². The average Bonchev–Trinajstić information content (AvgIpc) is 2.64. The smallest absolute Gasteiger partial charge is 0.261 e. The van der Waals surface area contributed by atoms with Gasteiger partial charge in [-0.2, -0.15) is 0 Å². The second kappa shape index (κ2) is 8.94. The van der Waals surface area contributed by atoms with E-state index in [-0.39, 0.29) is 29.3 Å². The molecular weight excluding hydrogens is 398 g/mol. The van der Waals surface area contributed by atoms with Gasteiger partial charge in [-0.25, -0.2) is 8.42 Å². The maximum absolute atomic E-state index is 12.6. The zero-order valence-electron chi connectivity index (χ0n) is 16.0. The lowest BCUT2D eigenvalue weighted by atomic mass is 10.0. The molecule has 1 aliphatic rings. The summed E-state index contributed by atoms with van der Waals surface area (Å²) in [6, 6.07) is 11.7. The van der Waals surface area contributed by atoms with E-state index >= 15 is 0 Å². The Morgan fingerprint density at radius 1 is 1.04 bits per heavy atom. The Bertz CT molecular complexity index is 938. The van der Waals surface area contributed by atoms with Gasteiger partial charge in [0.2, 0.25) is 0 Å². The fourth-order valence-electron chi connectivity index (χ4n) is 3.06. The van der Waals surface area contributed by atoms with Crippen molar-refractivity contribution >= 4 is 34.0 Å². The molecule has 8 heteroatoms. The molecule has 6 nitrogen and oxygen atoms in total. The van der Waals surface area contributed by atoms with Gasteiger partial charge in [-0.15, -0.1) is 12.4 Å².